The Hall–Kier alpha value is -1.79. The van der Waals surface area contributed by atoms with Gasteiger partial charge in [-0.2, -0.15) is 0 Å². The number of nitrogens with zero attached hydrogens (tertiary/aromatic N) is 1. The summed E-state index contributed by atoms with van der Waals surface area (Å²) >= 11 is 1.66. The fourth-order valence-corrected chi connectivity index (χ4v) is 2.56. The molecule has 2 atom stereocenters. The predicted octanol–water partition coefficient (Wildman–Crippen LogP) is 0.0647. The number of anilines is 1. The second-order valence-electron chi connectivity index (χ2n) is 4.85. The van der Waals surface area contributed by atoms with Crippen molar-refractivity contribution in [1.82, 2.24) is 10.7 Å². The van der Waals surface area contributed by atoms with Crippen LogP contribution in [0.5, 0.6) is 0 Å². The van der Waals surface area contributed by atoms with Gasteiger partial charge in [0.1, 0.15) is 0 Å². The topological polar surface area (TPSA) is 129 Å². The van der Waals surface area contributed by atoms with Gasteiger partial charge >= 0.3 is 138 Å². The number of rotatable bonds is 9. The fraction of sp³-hybridized carbons (Fsp3) is 0.462. The third kappa shape index (κ3) is 7.85. The molecule has 0 saturated carbocycles. The van der Waals surface area contributed by atoms with Crippen LogP contribution in [0.25, 0.3) is 0 Å². The quantitative estimate of drug-likeness (QED) is 0.104. The van der Waals surface area contributed by atoms with Gasteiger partial charge < -0.3 is 0 Å². The molecule has 0 amide bonds. The Morgan fingerprint density at radius 3 is 2.68 bits per heavy atom. The Balaban J connectivity index is 2.14. The van der Waals surface area contributed by atoms with Gasteiger partial charge in [0.15, 0.2) is 0 Å². The molecule has 0 aliphatic carbocycles. The second kappa shape index (κ2) is 10.0. The Labute approximate surface area is 138 Å². The molecule has 0 saturated heterocycles. The molecule has 122 valence electrons. The Bertz CT molecular complexity index is 482. The van der Waals surface area contributed by atoms with E-state index >= 15 is 0 Å². The van der Waals surface area contributed by atoms with E-state index in [-0.39, 0.29) is 5.96 Å². The van der Waals surface area contributed by atoms with Crippen molar-refractivity contribution in [2.24, 2.45) is 5.73 Å². The van der Waals surface area contributed by atoms with Gasteiger partial charge in [-0.15, -0.1) is 0 Å². The summed E-state index contributed by atoms with van der Waals surface area (Å²) in [6, 6.07) is 8.06. The first-order valence-corrected chi connectivity index (χ1v) is 8.43. The van der Waals surface area contributed by atoms with E-state index in [1.165, 1.54) is 0 Å². The number of guanidine groups is 1. The van der Waals surface area contributed by atoms with Gasteiger partial charge in [-0.1, -0.05) is 0 Å². The zero-order valence-electron chi connectivity index (χ0n) is 12.3. The van der Waals surface area contributed by atoms with Crippen molar-refractivity contribution in [3.8, 4) is 0 Å². The van der Waals surface area contributed by atoms with Crippen LogP contribution in [0.3, 0.4) is 0 Å². The third-order valence-corrected chi connectivity index (χ3v) is 4.21. The van der Waals surface area contributed by atoms with Crippen LogP contribution in [-0.2, 0) is 6.54 Å². The van der Waals surface area contributed by atoms with Crippen molar-refractivity contribution in [3.63, 3.8) is 0 Å². The summed E-state index contributed by atoms with van der Waals surface area (Å²) in [5.74, 6) is -0.277. The molecule has 22 heavy (non-hydrogen) atoms. The van der Waals surface area contributed by atoms with Crippen LogP contribution in [0.2, 0.25) is 4.71 Å². The summed E-state index contributed by atoms with van der Waals surface area (Å²) in [5, 5.41) is 22.7. The molecule has 1 aromatic carbocycles. The van der Waals surface area contributed by atoms with Crippen LogP contribution in [0, 0.1) is 15.5 Å². The van der Waals surface area contributed by atoms with E-state index in [2.05, 4.69) is 10.6 Å². The number of hydrogen-bond acceptors (Lipinski definition) is 5. The van der Waals surface area contributed by atoms with Crippen molar-refractivity contribution < 1.29 is 5.03 Å². The molecule has 0 aromatic heterocycles. The average molecular weight is 370 g/mol. The first kappa shape index (κ1) is 18.3. The molecule has 0 radical (unpaired) electrons. The molecule has 1 aromatic rings. The number of hydrogen-bond donors (Lipinski definition) is 5. The van der Waals surface area contributed by atoms with Crippen molar-refractivity contribution >= 4 is 28.5 Å². The average Bonchev–Trinajstić information content (AvgIpc) is 2.49. The van der Waals surface area contributed by atoms with E-state index in [4.69, 9.17) is 11.1 Å². The molecular weight excluding hydrogens is 347 g/mol. The maximum atomic E-state index is 10.1. The zero-order chi connectivity index (χ0) is 16.4. The number of nitro groups is 1. The van der Waals surface area contributed by atoms with Gasteiger partial charge in [-0.3, -0.25) is 0 Å². The first-order chi connectivity index (χ1) is 10.5. The summed E-state index contributed by atoms with van der Waals surface area (Å²) < 4.78 is 0.529. The number of benzene rings is 1. The van der Waals surface area contributed by atoms with Crippen LogP contribution in [0.1, 0.15) is 18.4 Å². The van der Waals surface area contributed by atoms with Crippen LogP contribution in [-0.4, -0.2) is 40.9 Å². The van der Waals surface area contributed by atoms with Gasteiger partial charge in [0.25, 0.3) is 0 Å². The van der Waals surface area contributed by atoms with Gasteiger partial charge in [0.2, 0.25) is 0 Å². The summed E-state index contributed by atoms with van der Waals surface area (Å²) in [5.41, 5.74) is 9.51. The van der Waals surface area contributed by atoms with E-state index in [9.17, 15) is 10.1 Å². The Kier molecular flexibility index (Phi) is 8.32. The van der Waals surface area contributed by atoms with E-state index < -0.39 is 5.03 Å². The third-order valence-electron chi connectivity index (χ3n) is 3.01. The van der Waals surface area contributed by atoms with Gasteiger partial charge in [-0.05, 0) is 0 Å². The summed E-state index contributed by atoms with van der Waals surface area (Å²) in [4.78, 5) is 10.1. The zero-order valence-corrected chi connectivity index (χ0v) is 14.8. The van der Waals surface area contributed by atoms with Crippen LogP contribution in [0.15, 0.2) is 24.3 Å². The van der Waals surface area contributed by atoms with E-state index in [0.717, 1.165) is 30.6 Å². The fourth-order valence-electron chi connectivity index (χ4n) is 1.82. The number of nitrogens with one attached hydrogen (secondary N) is 4. The minimum absolute atomic E-state index is 0.277. The predicted molar refractivity (Wildman–Crippen MR) is 90.2 cm³/mol. The molecule has 6 N–H and O–H groups in total. The SMILES string of the molecule is N=C(NCCC[C@H]([AsH2])CNc1ccc(CN)cc1)N[N+](=O)[O-]. The molecular formula is C13H23AsN6O2. The summed E-state index contributed by atoms with van der Waals surface area (Å²) in [6.45, 7) is 1.98. The van der Waals surface area contributed by atoms with Crippen molar-refractivity contribution in [3.05, 3.63) is 39.9 Å². The molecule has 0 heterocycles. The van der Waals surface area contributed by atoms with Gasteiger partial charge in [0.05, 0.1) is 0 Å². The van der Waals surface area contributed by atoms with Gasteiger partial charge in [-0.25, -0.2) is 0 Å². The molecule has 0 fully saturated rings. The normalized spacial score (nSPS) is 11.5. The van der Waals surface area contributed by atoms with Gasteiger partial charge in [0, 0.05) is 0 Å². The van der Waals surface area contributed by atoms with Crippen LogP contribution < -0.4 is 21.8 Å². The van der Waals surface area contributed by atoms with E-state index in [0.29, 0.717) is 17.8 Å². The molecule has 1 unspecified atom stereocenters. The van der Waals surface area contributed by atoms with E-state index in [1.807, 2.05) is 24.3 Å². The van der Waals surface area contributed by atoms with Crippen molar-refractivity contribution in [2.75, 3.05) is 18.4 Å². The summed E-state index contributed by atoms with van der Waals surface area (Å²) in [6.07, 6.45) is 1.85. The Morgan fingerprint density at radius 2 is 2.09 bits per heavy atom. The molecule has 0 spiro atoms. The molecule has 9 heteroatoms. The number of hydrazine groups is 1. The first-order valence-electron chi connectivity index (χ1n) is 7.03. The second-order valence-corrected chi connectivity index (χ2v) is 6.83. The molecule has 0 aliphatic heterocycles. The minimum atomic E-state index is -0.749. The van der Waals surface area contributed by atoms with Crippen LogP contribution in [0.4, 0.5) is 5.69 Å². The van der Waals surface area contributed by atoms with Crippen molar-refractivity contribution in [2.45, 2.75) is 24.1 Å². The molecule has 8 nitrogen and oxygen atoms in total. The molecule has 1 rings (SSSR count). The molecule has 0 aliphatic rings. The Morgan fingerprint density at radius 1 is 1.41 bits per heavy atom. The summed E-state index contributed by atoms with van der Waals surface area (Å²) in [7, 11) is 0. The van der Waals surface area contributed by atoms with E-state index in [1.54, 1.807) is 22.3 Å². The maximum absolute atomic E-state index is 10.1. The molecule has 0 bridgehead atoms. The van der Waals surface area contributed by atoms with Crippen molar-refractivity contribution in [1.29, 1.82) is 5.41 Å². The van der Waals surface area contributed by atoms with Crippen LogP contribution >= 0.6 is 0 Å². The standard InChI is InChI=1S/C13H23AsN6O2/c14-11(2-1-7-17-13(16)19-20(21)22)9-18-12-5-3-10(8-15)4-6-12/h3-6,11,18H,1-2,7-9,14-15H2,(H3,16,17,19)/t11-/m0/s1. The number of nitrogens with two attached hydrogens (primary N) is 1. The monoisotopic (exact) mass is 370 g/mol.